The highest BCUT2D eigenvalue weighted by Crippen LogP contribution is 2.25. The first kappa shape index (κ1) is 14.4. The second kappa shape index (κ2) is 6.41. The van der Waals surface area contributed by atoms with Gasteiger partial charge in [0.2, 0.25) is 5.91 Å². The van der Waals surface area contributed by atoms with Crippen molar-refractivity contribution in [3.05, 3.63) is 29.8 Å². The Morgan fingerprint density at radius 2 is 2.00 bits per heavy atom. The third-order valence-electron chi connectivity index (χ3n) is 3.39. The molecule has 5 nitrogen and oxygen atoms in total. The number of amides is 2. The molecule has 0 bridgehead atoms. The molecule has 2 N–H and O–H groups in total. The van der Waals surface area contributed by atoms with Crippen LogP contribution in [0.5, 0.6) is 0 Å². The lowest BCUT2D eigenvalue weighted by atomic mass is 10.0. The van der Waals surface area contributed by atoms with Crippen molar-refractivity contribution >= 4 is 17.5 Å². The van der Waals surface area contributed by atoms with Gasteiger partial charge in [0.25, 0.3) is 5.91 Å². The number of aryl methyl sites for hydroxylation is 1. The summed E-state index contributed by atoms with van der Waals surface area (Å²) in [6.45, 7) is 4.68. The monoisotopic (exact) mass is 275 g/mol. The van der Waals surface area contributed by atoms with Crippen LogP contribution in [-0.4, -0.2) is 24.9 Å². The molecule has 0 atom stereocenters. The van der Waals surface area contributed by atoms with Crippen molar-refractivity contribution in [1.29, 1.82) is 0 Å². The average Bonchev–Trinajstić information content (AvgIpc) is 2.45. The summed E-state index contributed by atoms with van der Waals surface area (Å²) >= 11 is 0. The maximum Gasteiger partial charge on any atom is 0.257 e. The fourth-order valence-corrected chi connectivity index (χ4v) is 2.26. The molecule has 0 saturated carbocycles. The zero-order valence-corrected chi connectivity index (χ0v) is 12.0. The van der Waals surface area contributed by atoms with Crippen molar-refractivity contribution in [2.45, 2.75) is 26.7 Å². The molecular weight excluding hydrogens is 254 g/mol. The molecule has 0 radical (unpaired) electrons. The van der Waals surface area contributed by atoms with Crippen molar-refractivity contribution in [2.24, 2.45) is 5.92 Å². The molecule has 0 aliphatic carbocycles. The largest absolute Gasteiger partial charge is 0.362 e. The number of carbonyl (C=O) groups excluding carboxylic acids is 2. The van der Waals surface area contributed by atoms with E-state index < -0.39 is 0 Å². The summed E-state index contributed by atoms with van der Waals surface area (Å²) in [7, 11) is 0. The second-order valence-corrected chi connectivity index (χ2v) is 5.35. The lowest BCUT2D eigenvalue weighted by Gasteiger charge is -2.30. The van der Waals surface area contributed by atoms with E-state index in [2.05, 4.69) is 21.8 Å². The summed E-state index contributed by atoms with van der Waals surface area (Å²) in [4.78, 5) is 25.3. The zero-order chi connectivity index (χ0) is 14.5. The van der Waals surface area contributed by atoms with Gasteiger partial charge in [0.15, 0.2) is 0 Å². The van der Waals surface area contributed by atoms with Crippen molar-refractivity contribution < 1.29 is 9.59 Å². The molecule has 1 aromatic rings. The van der Waals surface area contributed by atoms with E-state index in [1.54, 1.807) is 13.8 Å². The fraction of sp³-hybridized carbons (Fsp3) is 0.467. The predicted molar refractivity (Wildman–Crippen MR) is 78.1 cm³/mol. The minimum absolute atomic E-state index is 0.147. The maximum absolute atomic E-state index is 11.9. The first-order valence-electron chi connectivity index (χ1n) is 6.99. The second-order valence-electron chi connectivity index (χ2n) is 5.35. The topological polar surface area (TPSA) is 61.4 Å². The number of nitrogens with one attached hydrogen (secondary N) is 2. The van der Waals surface area contributed by atoms with Crippen LogP contribution < -0.4 is 15.8 Å². The molecule has 0 aromatic heterocycles. The van der Waals surface area contributed by atoms with Crippen LogP contribution in [0.25, 0.3) is 0 Å². The van der Waals surface area contributed by atoms with Crippen molar-refractivity contribution in [2.75, 3.05) is 18.0 Å². The molecule has 0 saturated heterocycles. The van der Waals surface area contributed by atoms with Crippen LogP contribution in [0.2, 0.25) is 0 Å². The first-order valence-corrected chi connectivity index (χ1v) is 6.99. The summed E-state index contributed by atoms with van der Waals surface area (Å²) < 4.78 is 0. The molecule has 1 aliphatic heterocycles. The summed E-state index contributed by atoms with van der Waals surface area (Å²) in [6, 6.07) is 8.13. The Morgan fingerprint density at radius 1 is 1.25 bits per heavy atom. The van der Waals surface area contributed by atoms with Crippen LogP contribution in [0.3, 0.4) is 0 Å². The number of hydrogen-bond acceptors (Lipinski definition) is 3. The van der Waals surface area contributed by atoms with Gasteiger partial charge >= 0.3 is 0 Å². The number of anilines is 1. The van der Waals surface area contributed by atoms with Crippen LogP contribution in [-0.2, 0) is 16.0 Å². The molecule has 1 aliphatic rings. The fourth-order valence-electron chi connectivity index (χ4n) is 2.26. The van der Waals surface area contributed by atoms with E-state index in [0.717, 1.165) is 25.1 Å². The molecule has 108 valence electrons. The maximum atomic E-state index is 11.9. The number of fused-ring (bicyclic) bond motifs is 1. The minimum Gasteiger partial charge on any atom is -0.362 e. The van der Waals surface area contributed by atoms with Gasteiger partial charge in [0.05, 0.1) is 6.54 Å². The Kier molecular flexibility index (Phi) is 4.61. The van der Waals surface area contributed by atoms with Gasteiger partial charge in [-0.25, -0.2) is 0 Å². The van der Waals surface area contributed by atoms with Crippen LogP contribution in [0.4, 0.5) is 5.69 Å². The van der Waals surface area contributed by atoms with Gasteiger partial charge in [-0.3, -0.25) is 20.4 Å². The molecule has 0 spiro atoms. The Balaban J connectivity index is 1.91. The predicted octanol–water partition coefficient (Wildman–Crippen LogP) is 1.24. The third kappa shape index (κ3) is 3.50. The van der Waals surface area contributed by atoms with E-state index in [4.69, 9.17) is 0 Å². The minimum atomic E-state index is -0.198. The van der Waals surface area contributed by atoms with Crippen molar-refractivity contribution in [3.63, 3.8) is 0 Å². The number of benzene rings is 1. The van der Waals surface area contributed by atoms with Crippen LogP contribution in [0, 0.1) is 5.92 Å². The Morgan fingerprint density at radius 3 is 2.75 bits per heavy atom. The highest BCUT2D eigenvalue weighted by atomic mass is 16.2. The Bertz CT molecular complexity index is 500. The van der Waals surface area contributed by atoms with Gasteiger partial charge in [-0.2, -0.15) is 0 Å². The number of nitrogens with zero attached hydrogens (tertiary/aromatic N) is 1. The summed E-state index contributed by atoms with van der Waals surface area (Å²) in [5.41, 5.74) is 7.28. The number of carbonyl (C=O) groups is 2. The normalized spacial score (nSPS) is 13.8. The van der Waals surface area contributed by atoms with Gasteiger partial charge in [-0.05, 0) is 24.5 Å². The van der Waals surface area contributed by atoms with Gasteiger partial charge in [0.1, 0.15) is 0 Å². The third-order valence-corrected chi connectivity index (χ3v) is 3.39. The molecule has 2 amide bonds. The highest BCUT2D eigenvalue weighted by Gasteiger charge is 2.18. The Labute approximate surface area is 119 Å². The van der Waals surface area contributed by atoms with Gasteiger partial charge in [-0.1, -0.05) is 32.0 Å². The number of rotatable bonds is 3. The average molecular weight is 275 g/mol. The van der Waals surface area contributed by atoms with Gasteiger partial charge < -0.3 is 4.90 Å². The van der Waals surface area contributed by atoms with E-state index in [-0.39, 0.29) is 24.3 Å². The summed E-state index contributed by atoms with van der Waals surface area (Å²) in [5, 5.41) is 0. The standard InChI is InChI=1S/C15H21N3O2/c1-11(2)15(20)17-16-14(19)10-18-9-5-7-12-6-3-4-8-13(12)18/h3-4,6,8,11H,5,7,9-10H2,1-2H3,(H,16,19)(H,17,20). The first-order chi connectivity index (χ1) is 9.58. The van der Waals surface area contributed by atoms with Crippen LogP contribution in [0.15, 0.2) is 24.3 Å². The SMILES string of the molecule is CC(C)C(=O)NNC(=O)CN1CCCc2ccccc21. The molecule has 0 unspecified atom stereocenters. The van der Waals surface area contributed by atoms with Crippen molar-refractivity contribution in [1.82, 2.24) is 10.9 Å². The molecular formula is C15H21N3O2. The lowest BCUT2D eigenvalue weighted by Crippen LogP contribution is -2.48. The van der Waals surface area contributed by atoms with Crippen molar-refractivity contribution in [3.8, 4) is 0 Å². The van der Waals surface area contributed by atoms with E-state index in [1.807, 2.05) is 18.2 Å². The number of hydrogen-bond donors (Lipinski definition) is 2. The van der Waals surface area contributed by atoms with Gasteiger partial charge in [-0.15, -0.1) is 0 Å². The van der Waals surface area contributed by atoms with Crippen LogP contribution >= 0.6 is 0 Å². The van der Waals surface area contributed by atoms with E-state index in [1.165, 1.54) is 5.56 Å². The van der Waals surface area contributed by atoms with Gasteiger partial charge in [0, 0.05) is 18.2 Å². The molecule has 1 aromatic carbocycles. The van der Waals surface area contributed by atoms with E-state index >= 15 is 0 Å². The van der Waals surface area contributed by atoms with Crippen LogP contribution in [0.1, 0.15) is 25.8 Å². The molecule has 2 rings (SSSR count). The van der Waals surface area contributed by atoms with E-state index in [9.17, 15) is 9.59 Å². The quantitative estimate of drug-likeness (QED) is 0.816. The smallest absolute Gasteiger partial charge is 0.257 e. The zero-order valence-electron chi connectivity index (χ0n) is 12.0. The Hall–Kier alpha value is -2.04. The summed E-state index contributed by atoms with van der Waals surface area (Å²) in [6.07, 6.45) is 2.10. The highest BCUT2D eigenvalue weighted by molar-refractivity contribution is 5.85. The summed E-state index contributed by atoms with van der Waals surface area (Å²) in [5.74, 6) is -0.529. The number of hydrazine groups is 1. The lowest BCUT2D eigenvalue weighted by molar-refractivity contribution is -0.130. The number of para-hydroxylation sites is 1. The van der Waals surface area contributed by atoms with E-state index in [0.29, 0.717) is 0 Å². The molecule has 1 heterocycles. The molecule has 5 heteroatoms. The molecule has 20 heavy (non-hydrogen) atoms. The molecule has 0 fully saturated rings.